The van der Waals surface area contributed by atoms with E-state index in [9.17, 15) is 13.5 Å². The summed E-state index contributed by atoms with van der Waals surface area (Å²) in [6.07, 6.45) is 0. The third kappa shape index (κ3) is 2.83. The molecule has 3 aromatic rings. The summed E-state index contributed by atoms with van der Waals surface area (Å²) in [6, 6.07) is 6.15. The van der Waals surface area contributed by atoms with Crippen molar-refractivity contribution in [3.8, 4) is 5.75 Å². The fourth-order valence-electron chi connectivity index (χ4n) is 2.48. The number of phenolic OH excluding ortho intramolecular Hbond substituents is 1. The number of sulfonamides is 1. The van der Waals surface area contributed by atoms with Crippen molar-refractivity contribution in [2.24, 2.45) is 5.14 Å². The van der Waals surface area contributed by atoms with Gasteiger partial charge in [-0.05, 0) is 56.2 Å². The van der Waals surface area contributed by atoms with Crippen LogP contribution in [0.4, 0.5) is 10.8 Å². The molecule has 126 valence electrons. The molecular weight excluding hydrogens is 346 g/mol. The Bertz CT molecular complexity index is 994. The molecule has 0 spiro atoms. The summed E-state index contributed by atoms with van der Waals surface area (Å²) in [5.41, 5.74) is 4.15. The zero-order valence-corrected chi connectivity index (χ0v) is 15.0. The molecule has 0 atom stereocenters. The van der Waals surface area contributed by atoms with Gasteiger partial charge in [0.15, 0.2) is 5.13 Å². The normalized spacial score (nSPS) is 11.8. The van der Waals surface area contributed by atoms with E-state index in [4.69, 9.17) is 5.14 Å². The van der Waals surface area contributed by atoms with E-state index in [-0.39, 0.29) is 4.90 Å². The number of aryl methyl sites for hydroxylation is 2. The van der Waals surface area contributed by atoms with Crippen molar-refractivity contribution in [1.29, 1.82) is 0 Å². The van der Waals surface area contributed by atoms with Crippen molar-refractivity contribution < 1.29 is 13.5 Å². The smallest absolute Gasteiger partial charge is 0.238 e. The molecule has 2 aromatic carbocycles. The molecule has 6 nitrogen and oxygen atoms in total. The lowest BCUT2D eigenvalue weighted by Crippen LogP contribution is -2.11. The monoisotopic (exact) mass is 363 g/mol. The number of primary sulfonamides is 1. The van der Waals surface area contributed by atoms with Crippen LogP contribution >= 0.6 is 11.3 Å². The summed E-state index contributed by atoms with van der Waals surface area (Å²) in [4.78, 5) is 4.65. The van der Waals surface area contributed by atoms with E-state index in [1.54, 1.807) is 12.1 Å². The van der Waals surface area contributed by atoms with Crippen LogP contribution in [0.2, 0.25) is 0 Å². The highest BCUT2D eigenvalue weighted by molar-refractivity contribution is 7.89. The van der Waals surface area contributed by atoms with Gasteiger partial charge in [-0.15, -0.1) is 0 Å². The number of benzene rings is 2. The molecule has 1 aromatic heterocycles. The highest BCUT2D eigenvalue weighted by atomic mass is 32.2. The number of anilines is 2. The number of thiazole rings is 1. The molecule has 0 aliphatic rings. The highest BCUT2D eigenvalue weighted by Crippen LogP contribution is 2.39. The van der Waals surface area contributed by atoms with Crippen LogP contribution in [-0.4, -0.2) is 18.5 Å². The Balaban J connectivity index is 1.99. The van der Waals surface area contributed by atoms with Crippen molar-refractivity contribution in [2.45, 2.75) is 25.7 Å². The second kappa shape index (κ2) is 5.73. The van der Waals surface area contributed by atoms with Gasteiger partial charge in [0.2, 0.25) is 10.0 Å². The van der Waals surface area contributed by atoms with Crippen molar-refractivity contribution in [1.82, 2.24) is 4.98 Å². The van der Waals surface area contributed by atoms with Gasteiger partial charge in [-0.25, -0.2) is 18.5 Å². The van der Waals surface area contributed by atoms with E-state index in [0.29, 0.717) is 16.6 Å². The Labute approximate surface area is 144 Å². The number of nitrogens with zero attached hydrogens (tertiary/aromatic N) is 1. The van der Waals surface area contributed by atoms with Crippen LogP contribution < -0.4 is 10.5 Å². The number of aromatic nitrogens is 1. The zero-order chi connectivity index (χ0) is 17.6. The lowest BCUT2D eigenvalue weighted by molar-refractivity contribution is 0.467. The molecule has 8 heteroatoms. The molecule has 0 saturated heterocycles. The van der Waals surface area contributed by atoms with Gasteiger partial charge < -0.3 is 10.4 Å². The van der Waals surface area contributed by atoms with Crippen LogP contribution in [0.3, 0.4) is 0 Å². The average molecular weight is 363 g/mol. The fourth-order valence-corrected chi connectivity index (χ4v) is 4.04. The summed E-state index contributed by atoms with van der Waals surface area (Å²) < 4.78 is 23.5. The molecule has 0 saturated carbocycles. The van der Waals surface area contributed by atoms with Crippen LogP contribution in [0.15, 0.2) is 29.2 Å². The van der Waals surface area contributed by atoms with E-state index in [1.165, 1.54) is 23.5 Å². The number of hydrogen-bond donors (Lipinski definition) is 3. The minimum Gasteiger partial charge on any atom is -0.507 e. The van der Waals surface area contributed by atoms with Gasteiger partial charge in [-0.1, -0.05) is 11.3 Å². The molecule has 0 bridgehead atoms. The first-order valence-electron chi connectivity index (χ1n) is 7.17. The maximum atomic E-state index is 11.3. The summed E-state index contributed by atoms with van der Waals surface area (Å²) in [6.45, 7) is 5.67. The standard InChI is InChI=1S/C16H17N3O3S2/c1-8-9(2)14(20)10(3)15-13(8)19-16(23-15)18-11-4-6-12(7-5-11)24(17,21)22/h4-7,20H,1-3H3,(H,18,19)(H2,17,21,22). The second-order valence-corrected chi connectivity index (χ2v) is 8.18. The molecule has 0 aliphatic carbocycles. The Morgan fingerprint density at radius 1 is 1.08 bits per heavy atom. The van der Waals surface area contributed by atoms with Gasteiger partial charge in [0, 0.05) is 11.3 Å². The Morgan fingerprint density at radius 2 is 1.71 bits per heavy atom. The van der Waals surface area contributed by atoms with Gasteiger partial charge in [0.1, 0.15) is 5.75 Å². The molecular formula is C16H17N3O3S2. The Kier molecular flexibility index (Phi) is 3.98. The van der Waals surface area contributed by atoms with E-state index in [0.717, 1.165) is 26.9 Å². The van der Waals surface area contributed by atoms with Gasteiger partial charge in [-0.2, -0.15) is 0 Å². The molecule has 4 N–H and O–H groups in total. The number of fused-ring (bicyclic) bond motifs is 1. The number of nitrogens with one attached hydrogen (secondary N) is 1. The van der Waals surface area contributed by atoms with Crippen LogP contribution in [0, 0.1) is 20.8 Å². The predicted molar refractivity (Wildman–Crippen MR) is 96.6 cm³/mol. The first-order valence-corrected chi connectivity index (χ1v) is 9.54. The maximum Gasteiger partial charge on any atom is 0.238 e. The van der Waals surface area contributed by atoms with Crippen LogP contribution in [0.5, 0.6) is 5.75 Å². The largest absolute Gasteiger partial charge is 0.507 e. The van der Waals surface area contributed by atoms with Crippen molar-refractivity contribution in [3.63, 3.8) is 0 Å². The summed E-state index contributed by atoms with van der Waals surface area (Å²) in [7, 11) is -3.70. The van der Waals surface area contributed by atoms with E-state index < -0.39 is 10.0 Å². The zero-order valence-electron chi connectivity index (χ0n) is 13.4. The van der Waals surface area contributed by atoms with Gasteiger partial charge >= 0.3 is 0 Å². The fraction of sp³-hybridized carbons (Fsp3) is 0.188. The van der Waals surface area contributed by atoms with Crippen molar-refractivity contribution in [2.75, 3.05) is 5.32 Å². The molecule has 0 unspecified atom stereocenters. The quantitative estimate of drug-likeness (QED) is 0.662. The van der Waals surface area contributed by atoms with Crippen molar-refractivity contribution in [3.05, 3.63) is 41.0 Å². The maximum absolute atomic E-state index is 11.3. The highest BCUT2D eigenvalue weighted by Gasteiger charge is 2.16. The number of phenols is 1. The van der Waals surface area contributed by atoms with E-state index >= 15 is 0 Å². The number of nitrogens with two attached hydrogens (primary N) is 1. The van der Waals surface area contributed by atoms with Gasteiger partial charge in [-0.3, -0.25) is 0 Å². The molecule has 0 aliphatic heterocycles. The minimum absolute atomic E-state index is 0.0598. The first kappa shape index (κ1) is 16.7. The lowest BCUT2D eigenvalue weighted by atomic mass is 10.0. The first-order chi connectivity index (χ1) is 11.2. The predicted octanol–water partition coefficient (Wildman–Crippen LogP) is 3.32. The minimum atomic E-state index is -3.70. The third-order valence-corrected chi connectivity index (χ3v) is 6.05. The number of rotatable bonds is 3. The number of aromatic hydroxyl groups is 1. The second-order valence-electron chi connectivity index (χ2n) is 5.61. The van der Waals surface area contributed by atoms with Gasteiger partial charge in [0.05, 0.1) is 15.1 Å². The number of hydrogen-bond acceptors (Lipinski definition) is 6. The van der Waals surface area contributed by atoms with Crippen LogP contribution in [-0.2, 0) is 10.0 Å². The molecule has 0 amide bonds. The van der Waals surface area contributed by atoms with Crippen LogP contribution in [0.1, 0.15) is 16.7 Å². The SMILES string of the molecule is Cc1c(O)c(C)c2sc(Nc3ccc(S(N)(=O)=O)cc3)nc2c1C. The van der Waals surface area contributed by atoms with E-state index in [2.05, 4.69) is 10.3 Å². The average Bonchev–Trinajstić information content (AvgIpc) is 2.94. The van der Waals surface area contributed by atoms with E-state index in [1.807, 2.05) is 20.8 Å². The Hall–Kier alpha value is -2.16. The molecule has 3 rings (SSSR count). The summed E-state index contributed by atoms with van der Waals surface area (Å²) in [5.74, 6) is 0.299. The molecule has 0 radical (unpaired) electrons. The molecule has 1 heterocycles. The summed E-state index contributed by atoms with van der Waals surface area (Å²) >= 11 is 1.44. The van der Waals surface area contributed by atoms with Crippen molar-refractivity contribution >= 4 is 42.4 Å². The molecule has 0 fully saturated rings. The Morgan fingerprint density at radius 3 is 2.29 bits per heavy atom. The van der Waals surface area contributed by atoms with Gasteiger partial charge in [0.25, 0.3) is 0 Å². The molecule has 24 heavy (non-hydrogen) atoms. The van der Waals surface area contributed by atoms with Crippen LogP contribution in [0.25, 0.3) is 10.2 Å². The lowest BCUT2D eigenvalue weighted by Gasteiger charge is -2.07. The topological polar surface area (TPSA) is 105 Å². The summed E-state index contributed by atoms with van der Waals surface area (Å²) in [5, 5.41) is 19.1. The third-order valence-electron chi connectivity index (χ3n) is 4.03.